The third kappa shape index (κ3) is 9.19. The van der Waals surface area contributed by atoms with E-state index in [1.165, 1.54) is 21.6 Å². The standard InChI is InChI=1S/C29H49N5O3S/c1-8-37-28(36)21-11-14-34(15-12-21)27(35)25(10-9-13-32-29(30)31)33-38-26-23(19(4)5)16-22(18(2)3)17-24(26)20(6)7/h16-21,25,33H,8-15H2,1-7H3,(H4,30,31,32). The van der Waals surface area contributed by atoms with E-state index in [0.717, 1.165) is 0 Å². The van der Waals surface area contributed by atoms with Crippen LogP contribution in [0, 0.1) is 5.92 Å². The van der Waals surface area contributed by atoms with Gasteiger partial charge in [-0.25, -0.2) is 4.72 Å². The Morgan fingerprint density at radius 2 is 1.63 bits per heavy atom. The SMILES string of the molecule is CCOC(=O)C1CCN(C(=O)C(CCCN=C(N)N)NSc2c(C(C)C)cc(C(C)C)cc2C(C)C)CC1. The summed E-state index contributed by atoms with van der Waals surface area (Å²) in [4.78, 5) is 33.0. The number of piperidine rings is 1. The summed E-state index contributed by atoms with van der Waals surface area (Å²) in [6.07, 6.45) is 2.55. The van der Waals surface area contributed by atoms with Gasteiger partial charge >= 0.3 is 5.97 Å². The Kier molecular flexibility index (Phi) is 12.9. The molecule has 0 aliphatic carbocycles. The van der Waals surface area contributed by atoms with E-state index < -0.39 is 6.04 Å². The van der Waals surface area contributed by atoms with Crippen molar-refractivity contribution < 1.29 is 14.3 Å². The van der Waals surface area contributed by atoms with Crippen LogP contribution >= 0.6 is 11.9 Å². The quantitative estimate of drug-likeness (QED) is 0.106. The first-order chi connectivity index (χ1) is 18.0. The molecule has 2 rings (SSSR count). The number of nitrogens with zero attached hydrogens (tertiary/aromatic N) is 2. The molecule has 1 aliphatic heterocycles. The molecular formula is C29H49N5O3S. The topological polar surface area (TPSA) is 123 Å². The lowest BCUT2D eigenvalue weighted by molar-refractivity contribution is -0.151. The van der Waals surface area contributed by atoms with E-state index in [9.17, 15) is 9.59 Å². The van der Waals surface area contributed by atoms with Gasteiger partial charge in [0.15, 0.2) is 5.96 Å². The lowest BCUT2D eigenvalue weighted by atomic mass is 9.89. The average molecular weight is 548 g/mol. The predicted molar refractivity (Wildman–Crippen MR) is 157 cm³/mol. The Bertz CT molecular complexity index is 923. The lowest BCUT2D eigenvalue weighted by Crippen LogP contribution is -2.48. The van der Waals surface area contributed by atoms with Gasteiger partial charge in [-0.15, -0.1) is 0 Å². The Morgan fingerprint density at radius 1 is 1.05 bits per heavy atom. The van der Waals surface area contributed by atoms with Crippen molar-refractivity contribution in [1.29, 1.82) is 0 Å². The number of benzene rings is 1. The van der Waals surface area contributed by atoms with E-state index in [2.05, 4.69) is 63.4 Å². The molecule has 1 aromatic rings. The summed E-state index contributed by atoms with van der Waals surface area (Å²) in [6, 6.07) is 4.25. The van der Waals surface area contributed by atoms with E-state index in [-0.39, 0.29) is 23.8 Å². The normalized spacial score (nSPS) is 15.3. The highest BCUT2D eigenvalue weighted by atomic mass is 32.2. The predicted octanol–water partition coefficient (Wildman–Crippen LogP) is 4.88. The maximum Gasteiger partial charge on any atom is 0.309 e. The largest absolute Gasteiger partial charge is 0.466 e. The van der Waals surface area contributed by atoms with Gasteiger partial charge in [-0.2, -0.15) is 0 Å². The molecule has 1 aliphatic rings. The highest BCUT2D eigenvalue weighted by molar-refractivity contribution is 7.97. The molecule has 0 aromatic heterocycles. The van der Waals surface area contributed by atoms with Crippen LogP contribution in [-0.2, 0) is 14.3 Å². The van der Waals surface area contributed by atoms with E-state index in [1.807, 2.05) is 11.8 Å². The second kappa shape index (κ2) is 15.4. The molecule has 8 nitrogen and oxygen atoms in total. The van der Waals surface area contributed by atoms with Crippen molar-refractivity contribution in [1.82, 2.24) is 9.62 Å². The number of aliphatic imine (C=N–C) groups is 1. The summed E-state index contributed by atoms with van der Waals surface area (Å²) in [5, 5.41) is 0. The lowest BCUT2D eigenvalue weighted by Gasteiger charge is -2.33. The van der Waals surface area contributed by atoms with Crippen LogP contribution in [0.1, 0.15) is 109 Å². The fourth-order valence-corrected chi connectivity index (χ4v) is 5.99. The number of ether oxygens (including phenoxy) is 1. The first kappa shape index (κ1) is 32.0. The first-order valence-electron chi connectivity index (χ1n) is 14.1. The fraction of sp³-hybridized carbons (Fsp3) is 0.690. The number of carbonyl (C=O) groups is 2. The van der Waals surface area contributed by atoms with E-state index in [0.29, 0.717) is 69.7 Å². The zero-order valence-electron chi connectivity index (χ0n) is 24.4. The summed E-state index contributed by atoms with van der Waals surface area (Å²) >= 11 is 1.57. The molecule has 38 heavy (non-hydrogen) atoms. The first-order valence-corrected chi connectivity index (χ1v) is 14.9. The van der Waals surface area contributed by atoms with Crippen LogP contribution < -0.4 is 16.2 Å². The Morgan fingerprint density at radius 3 is 2.11 bits per heavy atom. The number of hydrogen-bond acceptors (Lipinski definition) is 6. The number of hydrogen-bond donors (Lipinski definition) is 3. The molecule has 1 fully saturated rings. The third-order valence-corrected chi connectivity index (χ3v) is 8.13. The molecule has 1 atom stereocenters. The van der Waals surface area contributed by atoms with Crippen LogP contribution in [0.2, 0.25) is 0 Å². The van der Waals surface area contributed by atoms with Gasteiger partial charge in [0, 0.05) is 24.5 Å². The maximum atomic E-state index is 13.7. The molecule has 5 N–H and O–H groups in total. The van der Waals surface area contributed by atoms with Crippen molar-refractivity contribution >= 4 is 29.8 Å². The van der Waals surface area contributed by atoms with Gasteiger partial charge < -0.3 is 21.1 Å². The summed E-state index contributed by atoms with van der Waals surface area (Å²) in [5.74, 6) is 0.976. The second-order valence-corrected chi connectivity index (χ2v) is 11.9. The molecule has 0 saturated carbocycles. The molecule has 1 unspecified atom stereocenters. The van der Waals surface area contributed by atoms with Crippen molar-refractivity contribution in [2.24, 2.45) is 22.4 Å². The minimum Gasteiger partial charge on any atom is -0.466 e. The summed E-state index contributed by atoms with van der Waals surface area (Å²) < 4.78 is 8.73. The van der Waals surface area contributed by atoms with Gasteiger partial charge in [0.1, 0.15) is 0 Å². The van der Waals surface area contributed by atoms with Crippen LogP contribution in [0.5, 0.6) is 0 Å². The minimum atomic E-state index is -0.391. The summed E-state index contributed by atoms with van der Waals surface area (Å²) in [7, 11) is 0. The third-order valence-electron chi connectivity index (χ3n) is 7.05. The monoisotopic (exact) mass is 547 g/mol. The average Bonchev–Trinajstić information content (AvgIpc) is 2.87. The summed E-state index contributed by atoms with van der Waals surface area (Å²) in [5.41, 5.74) is 14.9. The molecular weight excluding hydrogens is 498 g/mol. The molecule has 0 bridgehead atoms. The van der Waals surface area contributed by atoms with Gasteiger partial charge in [-0.3, -0.25) is 14.6 Å². The number of amides is 1. The fourth-order valence-electron chi connectivity index (χ4n) is 4.69. The van der Waals surface area contributed by atoms with Crippen LogP contribution in [-0.4, -0.2) is 55.0 Å². The van der Waals surface area contributed by atoms with Gasteiger partial charge in [0.05, 0.1) is 18.6 Å². The van der Waals surface area contributed by atoms with E-state index in [4.69, 9.17) is 16.2 Å². The molecule has 0 spiro atoms. The van der Waals surface area contributed by atoms with Crippen molar-refractivity contribution in [2.75, 3.05) is 26.2 Å². The van der Waals surface area contributed by atoms with Gasteiger partial charge in [-0.05, 0) is 79.0 Å². The number of likely N-dealkylation sites (tertiary alicyclic amines) is 1. The molecule has 1 saturated heterocycles. The van der Waals surface area contributed by atoms with Crippen LogP contribution in [0.15, 0.2) is 22.0 Å². The molecule has 1 heterocycles. The van der Waals surface area contributed by atoms with E-state index >= 15 is 0 Å². The van der Waals surface area contributed by atoms with Gasteiger partial charge in [0.25, 0.3) is 0 Å². The molecule has 9 heteroatoms. The highest BCUT2D eigenvalue weighted by Crippen LogP contribution is 2.37. The maximum absolute atomic E-state index is 13.7. The number of nitrogens with two attached hydrogens (primary N) is 2. The molecule has 1 amide bonds. The Balaban J connectivity index is 2.24. The minimum absolute atomic E-state index is 0.0560. The number of rotatable bonds is 13. The smallest absolute Gasteiger partial charge is 0.309 e. The van der Waals surface area contributed by atoms with E-state index in [1.54, 1.807) is 11.9 Å². The number of nitrogens with one attached hydrogen (secondary N) is 1. The van der Waals surface area contributed by atoms with Gasteiger partial charge in [0.2, 0.25) is 5.91 Å². The zero-order valence-corrected chi connectivity index (χ0v) is 25.2. The van der Waals surface area contributed by atoms with Crippen molar-refractivity contribution in [2.45, 2.75) is 103 Å². The van der Waals surface area contributed by atoms with Gasteiger partial charge in [-0.1, -0.05) is 53.7 Å². The molecule has 1 aromatic carbocycles. The second-order valence-electron chi connectivity index (χ2n) is 11.1. The van der Waals surface area contributed by atoms with Crippen LogP contribution in [0.4, 0.5) is 0 Å². The van der Waals surface area contributed by atoms with Crippen molar-refractivity contribution in [3.05, 3.63) is 28.8 Å². The number of guanidine groups is 1. The Hall–Kier alpha value is -2.26. The van der Waals surface area contributed by atoms with Crippen molar-refractivity contribution in [3.8, 4) is 0 Å². The number of esters is 1. The van der Waals surface area contributed by atoms with Crippen LogP contribution in [0.3, 0.4) is 0 Å². The highest BCUT2D eigenvalue weighted by Gasteiger charge is 2.32. The zero-order chi connectivity index (χ0) is 28.4. The number of carbonyl (C=O) groups excluding carboxylic acids is 2. The van der Waals surface area contributed by atoms with Crippen LogP contribution in [0.25, 0.3) is 0 Å². The van der Waals surface area contributed by atoms with Crippen molar-refractivity contribution in [3.63, 3.8) is 0 Å². The molecule has 0 radical (unpaired) electrons. The summed E-state index contributed by atoms with van der Waals surface area (Å²) in [6.45, 7) is 17.1. The molecule has 214 valence electrons. The Labute approximate surface area is 233 Å².